The van der Waals surface area contributed by atoms with Crippen molar-refractivity contribution in [2.45, 2.75) is 12.5 Å². The quantitative estimate of drug-likeness (QED) is 0.488. The highest BCUT2D eigenvalue weighted by atomic mass is 35.5. The Hall–Kier alpha value is -3.09. The van der Waals surface area contributed by atoms with Gasteiger partial charge in [0.05, 0.1) is 11.7 Å². The molecule has 0 bridgehead atoms. The molecule has 0 unspecified atom stereocenters. The Morgan fingerprint density at radius 1 is 1.04 bits per heavy atom. The average molecular weight is 391 g/mol. The molecule has 3 N–H and O–H groups in total. The number of anilines is 1. The number of nitrogens with zero attached hydrogens (tertiary/aromatic N) is 4. The van der Waals surface area contributed by atoms with Gasteiger partial charge in [0, 0.05) is 35.9 Å². The van der Waals surface area contributed by atoms with Crippen LogP contribution in [0.5, 0.6) is 0 Å². The topological polar surface area (TPSA) is 89.6 Å². The van der Waals surface area contributed by atoms with Gasteiger partial charge in [-0.05, 0) is 30.2 Å². The summed E-state index contributed by atoms with van der Waals surface area (Å²) in [4.78, 5) is 17.5. The number of fused-ring (bicyclic) bond motifs is 1. The minimum absolute atomic E-state index is 0.0610. The van der Waals surface area contributed by atoms with Crippen molar-refractivity contribution in [3.63, 3.8) is 0 Å². The normalized spacial score (nSPS) is 12.1. The number of halogens is 1. The molecule has 0 saturated heterocycles. The van der Waals surface area contributed by atoms with E-state index in [9.17, 15) is 0 Å². The van der Waals surface area contributed by atoms with E-state index in [2.05, 4.69) is 32.4 Å². The minimum atomic E-state index is -0.0610. The first-order valence-electron chi connectivity index (χ1n) is 8.96. The van der Waals surface area contributed by atoms with E-state index in [-0.39, 0.29) is 6.04 Å². The second kappa shape index (κ2) is 8.29. The molecule has 1 atom stereocenters. The Balaban J connectivity index is 1.62. The van der Waals surface area contributed by atoms with Gasteiger partial charge >= 0.3 is 0 Å². The summed E-state index contributed by atoms with van der Waals surface area (Å²) >= 11 is 6.09. The molecule has 7 heteroatoms. The van der Waals surface area contributed by atoms with Crippen LogP contribution in [-0.4, -0.2) is 32.5 Å². The molecular weight excluding hydrogens is 372 g/mol. The second-order valence-corrected chi connectivity index (χ2v) is 6.87. The van der Waals surface area contributed by atoms with Crippen molar-refractivity contribution < 1.29 is 0 Å². The van der Waals surface area contributed by atoms with Gasteiger partial charge < -0.3 is 11.1 Å². The van der Waals surface area contributed by atoms with Crippen LogP contribution in [0.1, 0.15) is 5.56 Å². The van der Waals surface area contributed by atoms with E-state index in [1.807, 2.05) is 30.3 Å². The zero-order valence-corrected chi connectivity index (χ0v) is 15.8. The van der Waals surface area contributed by atoms with Gasteiger partial charge in [-0.25, -0.2) is 15.0 Å². The van der Waals surface area contributed by atoms with Crippen molar-refractivity contribution >= 4 is 28.3 Å². The van der Waals surface area contributed by atoms with Gasteiger partial charge in [-0.3, -0.25) is 4.98 Å². The van der Waals surface area contributed by atoms with Crippen LogP contribution >= 0.6 is 11.6 Å². The number of aromatic nitrogens is 4. The van der Waals surface area contributed by atoms with Crippen LogP contribution in [0.15, 0.2) is 67.1 Å². The SMILES string of the molecule is N[C@@H](CNc1nc(-c2ccncc2)nc2cnc(Cl)cc12)Cc1ccccc1. The van der Waals surface area contributed by atoms with E-state index in [1.54, 1.807) is 24.7 Å². The summed E-state index contributed by atoms with van der Waals surface area (Å²) in [6.45, 7) is 0.566. The van der Waals surface area contributed by atoms with E-state index < -0.39 is 0 Å². The monoisotopic (exact) mass is 390 g/mol. The first-order chi connectivity index (χ1) is 13.7. The van der Waals surface area contributed by atoms with Crippen molar-refractivity contribution in [2.24, 2.45) is 5.73 Å². The Bertz CT molecular complexity index is 1070. The van der Waals surface area contributed by atoms with Crippen LogP contribution < -0.4 is 11.1 Å². The van der Waals surface area contributed by atoms with E-state index >= 15 is 0 Å². The predicted molar refractivity (Wildman–Crippen MR) is 112 cm³/mol. The Morgan fingerprint density at radius 3 is 2.61 bits per heavy atom. The molecule has 4 rings (SSSR count). The van der Waals surface area contributed by atoms with E-state index in [1.165, 1.54) is 5.56 Å². The molecule has 0 radical (unpaired) electrons. The summed E-state index contributed by atoms with van der Waals surface area (Å²) < 4.78 is 0. The lowest BCUT2D eigenvalue weighted by Crippen LogP contribution is -2.31. The molecule has 0 fully saturated rings. The molecular formula is C21H19ClN6. The lowest BCUT2D eigenvalue weighted by atomic mass is 10.1. The van der Waals surface area contributed by atoms with E-state index in [0.29, 0.717) is 28.9 Å². The van der Waals surface area contributed by atoms with Gasteiger partial charge in [-0.1, -0.05) is 41.9 Å². The van der Waals surface area contributed by atoms with Crippen LogP contribution in [-0.2, 0) is 6.42 Å². The third-order valence-electron chi connectivity index (χ3n) is 4.36. The van der Waals surface area contributed by atoms with Crippen molar-refractivity contribution in [1.82, 2.24) is 19.9 Å². The average Bonchev–Trinajstić information content (AvgIpc) is 2.73. The van der Waals surface area contributed by atoms with Crippen LogP contribution in [0.2, 0.25) is 5.15 Å². The Labute approximate surface area is 167 Å². The first kappa shape index (κ1) is 18.3. The number of nitrogens with two attached hydrogens (primary N) is 1. The molecule has 0 aliphatic heterocycles. The van der Waals surface area contributed by atoms with Crippen molar-refractivity contribution in [1.29, 1.82) is 0 Å². The number of rotatable bonds is 6. The van der Waals surface area contributed by atoms with Gasteiger partial charge in [0.2, 0.25) is 0 Å². The lowest BCUT2D eigenvalue weighted by molar-refractivity contribution is 0.698. The maximum atomic E-state index is 6.32. The maximum Gasteiger partial charge on any atom is 0.162 e. The third kappa shape index (κ3) is 4.24. The Kier molecular flexibility index (Phi) is 5.41. The lowest BCUT2D eigenvalue weighted by Gasteiger charge is -2.15. The summed E-state index contributed by atoms with van der Waals surface area (Å²) in [6, 6.07) is 15.6. The fourth-order valence-corrected chi connectivity index (χ4v) is 3.15. The number of benzene rings is 1. The van der Waals surface area contributed by atoms with E-state index in [4.69, 9.17) is 22.3 Å². The number of hydrogen-bond acceptors (Lipinski definition) is 6. The summed E-state index contributed by atoms with van der Waals surface area (Å²) in [7, 11) is 0. The highest BCUT2D eigenvalue weighted by molar-refractivity contribution is 6.30. The van der Waals surface area contributed by atoms with Crippen LogP contribution in [0, 0.1) is 0 Å². The highest BCUT2D eigenvalue weighted by Crippen LogP contribution is 2.26. The van der Waals surface area contributed by atoms with Crippen molar-refractivity contribution in [3.8, 4) is 11.4 Å². The van der Waals surface area contributed by atoms with Crippen LogP contribution in [0.3, 0.4) is 0 Å². The summed E-state index contributed by atoms with van der Waals surface area (Å²) in [5.74, 6) is 1.28. The number of nitrogens with one attached hydrogen (secondary N) is 1. The van der Waals surface area contributed by atoms with E-state index in [0.717, 1.165) is 17.4 Å². The highest BCUT2D eigenvalue weighted by Gasteiger charge is 2.12. The molecule has 0 amide bonds. The predicted octanol–water partition coefficient (Wildman–Crippen LogP) is 3.72. The van der Waals surface area contributed by atoms with Crippen LogP contribution in [0.4, 0.5) is 5.82 Å². The summed E-state index contributed by atoms with van der Waals surface area (Å²) in [5.41, 5.74) is 9.12. The third-order valence-corrected chi connectivity index (χ3v) is 4.57. The molecule has 0 spiro atoms. The molecule has 4 aromatic rings. The fraction of sp³-hybridized carbons (Fsp3) is 0.143. The van der Waals surface area contributed by atoms with Gasteiger partial charge in [0.1, 0.15) is 11.0 Å². The van der Waals surface area contributed by atoms with Crippen molar-refractivity contribution in [3.05, 3.63) is 77.8 Å². The molecule has 0 aliphatic rings. The Morgan fingerprint density at radius 2 is 1.82 bits per heavy atom. The van der Waals surface area contributed by atoms with Gasteiger partial charge in [-0.2, -0.15) is 0 Å². The molecule has 140 valence electrons. The van der Waals surface area contributed by atoms with Gasteiger partial charge in [-0.15, -0.1) is 0 Å². The molecule has 0 saturated carbocycles. The standard InChI is InChI=1S/C21H19ClN6/c22-19-11-17-18(13-25-19)27-20(15-6-8-24-9-7-15)28-21(17)26-12-16(23)10-14-4-2-1-3-5-14/h1-9,11,13,16H,10,12,23H2,(H,26,27,28)/t16-/m1/s1. The summed E-state index contributed by atoms with van der Waals surface area (Å²) in [6.07, 6.45) is 5.85. The smallest absolute Gasteiger partial charge is 0.162 e. The zero-order chi connectivity index (χ0) is 19.3. The second-order valence-electron chi connectivity index (χ2n) is 6.49. The molecule has 6 nitrogen and oxygen atoms in total. The summed E-state index contributed by atoms with van der Waals surface area (Å²) in [5, 5.41) is 4.57. The molecule has 0 aliphatic carbocycles. The van der Waals surface area contributed by atoms with Gasteiger partial charge in [0.25, 0.3) is 0 Å². The van der Waals surface area contributed by atoms with Gasteiger partial charge in [0.15, 0.2) is 5.82 Å². The van der Waals surface area contributed by atoms with Crippen molar-refractivity contribution in [2.75, 3.05) is 11.9 Å². The number of pyridine rings is 2. The maximum absolute atomic E-state index is 6.32. The largest absolute Gasteiger partial charge is 0.368 e. The molecule has 3 aromatic heterocycles. The number of hydrogen-bond donors (Lipinski definition) is 2. The zero-order valence-electron chi connectivity index (χ0n) is 15.1. The molecule has 3 heterocycles. The van der Waals surface area contributed by atoms with Crippen LogP contribution in [0.25, 0.3) is 22.3 Å². The molecule has 1 aromatic carbocycles. The molecule has 28 heavy (non-hydrogen) atoms. The first-order valence-corrected chi connectivity index (χ1v) is 9.34. The minimum Gasteiger partial charge on any atom is -0.368 e. The fourth-order valence-electron chi connectivity index (χ4n) is 2.99.